The van der Waals surface area contributed by atoms with Crippen LogP contribution in [0.5, 0.6) is 0 Å². The van der Waals surface area contributed by atoms with Crippen molar-refractivity contribution in [1.82, 2.24) is 5.32 Å². The van der Waals surface area contributed by atoms with E-state index < -0.39 is 0 Å². The van der Waals surface area contributed by atoms with E-state index in [4.69, 9.17) is 10.5 Å². The van der Waals surface area contributed by atoms with Gasteiger partial charge in [0.05, 0.1) is 6.61 Å². The van der Waals surface area contributed by atoms with E-state index in [0.717, 1.165) is 11.3 Å². The molecule has 0 aliphatic heterocycles. The first kappa shape index (κ1) is 14.5. The molecule has 18 heavy (non-hydrogen) atoms. The van der Waals surface area contributed by atoms with Gasteiger partial charge in [-0.15, -0.1) is 0 Å². The van der Waals surface area contributed by atoms with E-state index in [-0.39, 0.29) is 6.03 Å². The molecule has 100 valence electrons. The van der Waals surface area contributed by atoms with E-state index in [1.54, 1.807) is 7.11 Å². The van der Waals surface area contributed by atoms with Gasteiger partial charge in [0.1, 0.15) is 0 Å². The van der Waals surface area contributed by atoms with Gasteiger partial charge in [0.2, 0.25) is 0 Å². The number of carbonyl (C=O) groups is 1. The van der Waals surface area contributed by atoms with Gasteiger partial charge in [-0.05, 0) is 23.6 Å². The molecule has 2 amide bonds. The van der Waals surface area contributed by atoms with Crippen molar-refractivity contribution in [3.63, 3.8) is 0 Å². The van der Waals surface area contributed by atoms with Crippen molar-refractivity contribution < 1.29 is 9.53 Å². The summed E-state index contributed by atoms with van der Waals surface area (Å²) in [6, 6.07) is 7.24. The van der Waals surface area contributed by atoms with Crippen LogP contribution in [-0.2, 0) is 11.3 Å². The maximum atomic E-state index is 11.6. The van der Waals surface area contributed by atoms with E-state index in [9.17, 15) is 4.79 Å². The highest BCUT2D eigenvalue weighted by Crippen LogP contribution is 2.08. The minimum Gasteiger partial charge on any atom is -0.384 e. The molecule has 1 unspecified atom stereocenters. The average Bonchev–Trinajstić information content (AvgIpc) is 2.38. The summed E-state index contributed by atoms with van der Waals surface area (Å²) >= 11 is 0. The second-order valence-electron chi connectivity index (χ2n) is 4.30. The number of methoxy groups -OCH3 is 1. The van der Waals surface area contributed by atoms with Gasteiger partial charge in [-0.2, -0.15) is 0 Å². The van der Waals surface area contributed by atoms with Gasteiger partial charge in [0.25, 0.3) is 0 Å². The monoisotopic (exact) mass is 251 g/mol. The summed E-state index contributed by atoms with van der Waals surface area (Å²) in [5.41, 5.74) is 7.29. The zero-order valence-corrected chi connectivity index (χ0v) is 10.9. The minimum atomic E-state index is -0.210. The first-order chi connectivity index (χ1) is 8.65. The van der Waals surface area contributed by atoms with Crippen LogP contribution >= 0.6 is 0 Å². The fourth-order valence-corrected chi connectivity index (χ4v) is 1.51. The molecule has 0 radical (unpaired) electrons. The molecule has 0 saturated heterocycles. The lowest BCUT2D eigenvalue weighted by atomic mass is 10.2. The third kappa shape index (κ3) is 5.16. The maximum Gasteiger partial charge on any atom is 0.319 e. The molecular formula is C13H21N3O2. The number of carbonyl (C=O) groups excluding carboxylic acids is 1. The van der Waals surface area contributed by atoms with E-state index in [1.165, 1.54) is 0 Å². The molecule has 5 heteroatoms. The third-order valence-corrected chi connectivity index (χ3v) is 2.51. The molecule has 1 aromatic rings. The van der Waals surface area contributed by atoms with Crippen molar-refractivity contribution >= 4 is 11.7 Å². The standard InChI is InChI=1S/C13H21N3O2/c1-10(9-18-2)8-15-13(17)16-12-5-3-11(7-14)4-6-12/h3-6,10H,7-9,14H2,1-2H3,(H2,15,16,17). The molecule has 5 nitrogen and oxygen atoms in total. The Morgan fingerprint density at radius 2 is 2.06 bits per heavy atom. The zero-order chi connectivity index (χ0) is 13.4. The van der Waals surface area contributed by atoms with Gasteiger partial charge in [0.15, 0.2) is 0 Å². The molecule has 0 aliphatic rings. The molecule has 0 aliphatic carbocycles. The van der Waals surface area contributed by atoms with Crippen LogP contribution in [0.3, 0.4) is 0 Å². The molecule has 1 atom stereocenters. The van der Waals surface area contributed by atoms with Crippen molar-refractivity contribution in [2.75, 3.05) is 25.6 Å². The van der Waals surface area contributed by atoms with Gasteiger partial charge >= 0.3 is 6.03 Å². The fraction of sp³-hybridized carbons (Fsp3) is 0.462. The number of anilines is 1. The Morgan fingerprint density at radius 1 is 1.39 bits per heavy atom. The van der Waals surface area contributed by atoms with Gasteiger partial charge in [-0.3, -0.25) is 0 Å². The highest BCUT2D eigenvalue weighted by Gasteiger charge is 2.05. The molecule has 1 aromatic carbocycles. The molecule has 0 saturated carbocycles. The van der Waals surface area contributed by atoms with Crippen molar-refractivity contribution in [1.29, 1.82) is 0 Å². The molecule has 0 bridgehead atoms. The van der Waals surface area contributed by atoms with E-state index in [2.05, 4.69) is 10.6 Å². The van der Waals surface area contributed by atoms with Crippen molar-refractivity contribution in [2.45, 2.75) is 13.5 Å². The molecule has 0 fully saturated rings. The van der Waals surface area contributed by atoms with E-state index in [1.807, 2.05) is 31.2 Å². The number of hydrogen-bond acceptors (Lipinski definition) is 3. The zero-order valence-electron chi connectivity index (χ0n) is 10.9. The Bertz CT molecular complexity index is 365. The second-order valence-corrected chi connectivity index (χ2v) is 4.30. The van der Waals surface area contributed by atoms with Crippen LogP contribution < -0.4 is 16.4 Å². The number of benzene rings is 1. The largest absolute Gasteiger partial charge is 0.384 e. The average molecular weight is 251 g/mol. The summed E-state index contributed by atoms with van der Waals surface area (Å²) in [6.45, 7) is 3.73. The summed E-state index contributed by atoms with van der Waals surface area (Å²) in [5.74, 6) is 0.292. The first-order valence-corrected chi connectivity index (χ1v) is 5.98. The van der Waals surface area contributed by atoms with Crippen LogP contribution in [0.15, 0.2) is 24.3 Å². The Labute approximate surface area is 108 Å². The van der Waals surface area contributed by atoms with Crippen molar-refractivity contribution in [3.8, 4) is 0 Å². The van der Waals surface area contributed by atoms with Crippen LogP contribution in [0, 0.1) is 5.92 Å². The Kier molecular flexibility index (Phi) is 6.18. The van der Waals surface area contributed by atoms with Gasteiger partial charge in [0, 0.05) is 25.9 Å². The van der Waals surface area contributed by atoms with Crippen molar-refractivity contribution in [2.24, 2.45) is 11.7 Å². The SMILES string of the molecule is COCC(C)CNC(=O)Nc1ccc(CN)cc1. The van der Waals surface area contributed by atoms with Gasteiger partial charge in [-0.1, -0.05) is 19.1 Å². The van der Waals surface area contributed by atoms with Crippen molar-refractivity contribution in [3.05, 3.63) is 29.8 Å². The van der Waals surface area contributed by atoms with Gasteiger partial charge < -0.3 is 21.1 Å². The summed E-state index contributed by atoms with van der Waals surface area (Å²) in [5, 5.41) is 5.55. The molecule has 0 aromatic heterocycles. The van der Waals surface area contributed by atoms with E-state index in [0.29, 0.717) is 25.6 Å². The number of ether oxygens (including phenoxy) is 1. The highest BCUT2D eigenvalue weighted by molar-refractivity contribution is 5.89. The minimum absolute atomic E-state index is 0.210. The van der Waals surface area contributed by atoms with Crippen LogP contribution in [0.25, 0.3) is 0 Å². The lowest BCUT2D eigenvalue weighted by molar-refractivity contribution is 0.159. The quantitative estimate of drug-likeness (QED) is 0.718. The number of rotatable bonds is 6. The maximum absolute atomic E-state index is 11.6. The Morgan fingerprint density at radius 3 is 2.61 bits per heavy atom. The predicted molar refractivity (Wildman–Crippen MR) is 72.4 cm³/mol. The topological polar surface area (TPSA) is 76.4 Å². The number of nitrogens with two attached hydrogens (primary N) is 1. The van der Waals surface area contributed by atoms with Gasteiger partial charge in [-0.25, -0.2) is 4.79 Å². The molecule has 0 spiro atoms. The van der Waals surface area contributed by atoms with Crippen LogP contribution in [0.1, 0.15) is 12.5 Å². The highest BCUT2D eigenvalue weighted by atomic mass is 16.5. The number of hydrogen-bond donors (Lipinski definition) is 3. The normalized spacial score (nSPS) is 11.9. The van der Waals surface area contributed by atoms with Crippen LogP contribution in [-0.4, -0.2) is 26.3 Å². The molecule has 1 rings (SSSR count). The summed E-state index contributed by atoms with van der Waals surface area (Å²) in [6.07, 6.45) is 0. The smallest absolute Gasteiger partial charge is 0.319 e. The second kappa shape index (κ2) is 7.68. The first-order valence-electron chi connectivity index (χ1n) is 5.98. The number of nitrogens with one attached hydrogen (secondary N) is 2. The van der Waals surface area contributed by atoms with Crippen LogP contribution in [0.2, 0.25) is 0 Å². The summed E-state index contributed by atoms with van der Waals surface area (Å²) in [4.78, 5) is 11.6. The number of amides is 2. The lowest BCUT2D eigenvalue weighted by Gasteiger charge is -2.12. The molecule has 0 heterocycles. The van der Waals surface area contributed by atoms with E-state index >= 15 is 0 Å². The lowest BCUT2D eigenvalue weighted by Crippen LogP contribution is -2.33. The Hall–Kier alpha value is -1.59. The predicted octanol–water partition coefficient (Wildman–Crippen LogP) is 1.55. The number of urea groups is 1. The summed E-state index contributed by atoms with van der Waals surface area (Å²) < 4.78 is 5.00. The summed E-state index contributed by atoms with van der Waals surface area (Å²) in [7, 11) is 1.65. The molecule has 4 N–H and O–H groups in total. The third-order valence-electron chi connectivity index (χ3n) is 2.51. The fourth-order valence-electron chi connectivity index (χ4n) is 1.51. The Balaban J connectivity index is 2.35. The molecular weight excluding hydrogens is 230 g/mol. The van der Waals surface area contributed by atoms with Crippen LogP contribution in [0.4, 0.5) is 10.5 Å².